The van der Waals surface area contributed by atoms with Gasteiger partial charge in [-0.2, -0.15) is 5.10 Å². The number of methoxy groups -OCH3 is 1. The Labute approximate surface area is 117 Å². The fraction of sp³-hybridized carbons (Fsp3) is 0.273. The fourth-order valence-corrected chi connectivity index (χ4v) is 2.65. The van der Waals surface area contributed by atoms with Crippen molar-refractivity contribution >= 4 is 38.9 Å². The third-order valence-corrected chi connectivity index (χ3v) is 3.84. The van der Waals surface area contributed by atoms with Crippen molar-refractivity contribution in [3.8, 4) is 0 Å². The Balaban J connectivity index is 1.97. The summed E-state index contributed by atoms with van der Waals surface area (Å²) in [4.78, 5) is 12.5. The molecular weight excluding hydrogens is 318 g/mol. The van der Waals surface area contributed by atoms with Crippen LogP contribution in [0, 0.1) is 0 Å². The van der Waals surface area contributed by atoms with Crippen LogP contribution in [0.4, 0.5) is 5.69 Å². The molecule has 5 nitrogen and oxygen atoms in total. The lowest BCUT2D eigenvalue weighted by Gasteiger charge is -2.00. The Morgan fingerprint density at radius 2 is 2.44 bits per heavy atom. The van der Waals surface area contributed by atoms with Gasteiger partial charge in [0.2, 0.25) is 0 Å². The lowest BCUT2D eigenvalue weighted by atomic mass is 10.4. The van der Waals surface area contributed by atoms with Crippen molar-refractivity contribution in [1.82, 2.24) is 9.78 Å². The van der Waals surface area contributed by atoms with Gasteiger partial charge in [-0.15, -0.1) is 11.3 Å². The molecule has 0 saturated carbocycles. The number of anilines is 1. The predicted octanol–water partition coefficient (Wildman–Crippen LogP) is 2.61. The van der Waals surface area contributed by atoms with Crippen molar-refractivity contribution in [2.75, 3.05) is 19.0 Å². The van der Waals surface area contributed by atoms with Crippen LogP contribution in [0.1, 0.15) is 9.67 Å². The normalized spacial score (nSPS) is 10.6. The van der Waals surface area contributed by atoms with E-state index in [1.165, 1.54) is 11.3 Å². The molecule has 1 amide bonds. The minimum absolute atomic E-state index is 0.128. The van der Waals surface area contributed by atoms with Gasteiger partial charge in [0.1, 0.15) is 0 Å². The molecule has 0 aromatic carbocycles. The molecule has 0 bridgehead atoms. The van der Waals surface area contributed by atoms with Crippen molar-refractivity contribution in [2.24, 2.45) is 0 Å². The number of thiophene rings is 1. The van der Waals surface area contributed by atoms with Crippen molar-refractivity contribution in [3.05, 3.63) is 33.2 Å². The zero-order valence-corrected chi connectivity index (χ0v) is 12.1. The zero-order valence-electron chi connectivity index (χ0n) is 9.72. The van der Waals surface area contributed by atoms with Crippen LogP contribution < -0.4 is 5.32 Å². The minimum atomic E-state index is -0.128. The molecule has 0 radical (unpaired) electrons. The molecule has 0 unspecified atom stereocenters. The molecule has 0 spiro atoms. The molecule has 7 heteroatoms. The number of halogens is 1. The number of aromatic nitrogens is 2. The first-order valence-electron chi connectivity index (χ1n) is 5.27. The maximum atomic E-state index is 11.9. The number of carbonyl (C=O) groups excluding carboxylic acids is 1. The number of hydrogen-bond donors (Lipinski definition) is 1. The van der Waals surface area contributed by atoms with E-state index in [4.69, 9.17) is 4.74 Å². The first-order valence-corrected chi connectivity index (χ1v) is 6.88. The molecule has 2 aromatic heterocycles. The SMILES string of the molecule is COCCn1cc(NC(=O)c2ccc(Br)s2)cn1. The van der Waals surface area contributed by atoms with E-state index in [1.807, 2.05) is 6.07 Å². The first-order chi connectivity index (χ1) is 8.69. The summed E-state index contributed by atoms with van der Waals surface area (Å²) in [6.07, 6.45) is 3.40. The van der Waals surface area contributed by atoms with Gasteiger partial charge in [-0.25, -0.2) is 0 Å². The second kappa shape index (κ2) is 6.12. The molecule has 18 heavy (non-hydrogen) atoms. The van der Waals surface area contributed by atoms with Crippen LogP contribution in [-0.4, -0.2) is 29.4 Å². The molecule has 0 fully saturated rings. The maximum absolute atomic E-state index is 11.9. The summed E-state index contributed by atoms with van der Waals surface area (Å²) in [5, 5.41) is 6.92. The molecule has 0 atom stereocenters. The summed E-state index contributed by atoms with van der Waals surface area (Å²) in [5.74, 6) is -0.128. The zero-order chi connectivity index (χ0) is 13.0. The Kier molecular flexibility index (Phi) is 4.51. The van der Waals surface area contributed by atoms with Crippen molar-refractivity contribution in [3.63, 3.8) is 0 Å². The van der Waals surface area contributed by atoms with E-state index >= 15 is 0 Å². The molecule has 96 valence electrons. The van der Waals surface area contributed by atoms with Crippen LogP contribution in [0.25, 0.3) is 0 Å². The van der Waals surface area contributed by atoms with E-state index < -0.39 is 0 Å². The number of hydrogen-bond acceptors (Lipinski definition) is 4. The summed E-state index contributed by atoms with van der Waals surface area (Å²) in [6.45, 7) is 1.25. The Morgan fingerprint density at radius 3 is 3.11 bits per heavy atom. The van der Waals surface area contributed by atoms with Crippen LogP contribution in [-0.2, 0) is 11.3 Å². The average molecular weight is 330 g/mol. The van der Waals surface area contributed by atoms with Gasteiger partial charge in [0.05, 0.1) is 33.7 Å². The van der Waals surface area contributed by atoms with Crippen molar-refractivity contribution in [2.45, 2.75) is 6.54 Å². The highest BCUT2D eigenvalue weighted by atomic mass is 79.9. The van der Waals surface area contributed by atoms with Gasteiger partial charge in [-0.1, -0.05) is 0 Å². The van der Waals surface area contributed by atoms with Crippen molar-refractivity contribution < 1.29 is 9.53 Å². The summed E-state index contributed by atoms with van der Waals surface area (Å²) >= 11 is 4.72. The fourth-order valence-electron chi connectivity index (χ4n) is 1.36. The number of nitrogens with one attached hydrogen (secondary N) is 1. The summed E-state index contributed by atoms with van der Waals surface area (Å²) in [7, 11) is 1.64. The van der Waals surface area contributed by atoms with E-state index in [-0.39, 0.29) is 5.91 Å². The van der Waals surface area contributed by atoms with Gasteiger partial charge < -0.3 is 10.1 Å². The lowest BCUT2D eigenvalue weighted by Crippen LogP contribution is -2.09. The standard InChI is InChI=1S/C11H12BrN3O2S/c1-17-5-4-15-7-8(6-13-15)14-11(16)9-2-3-10(12)18-9/h2-3,6-7H,4-5H2,1H3,(H,14,16). The largest absolute Gasteiger partial charge is 0.383 e. The molecule has 0 aliphatic rings. The van der Waals surface area contributed by atoms with E-state index in [1.54, 1.807) is 30.3 Å². The van der Waals surface area contributed by atoms with E-state index in [0.29, 0.717) is 23.7 Å². The number of rotatable bonds is 5. The number of nitrogens with zero attached hydrogens (tertiary/aromatic N) is 2. The molecule has 0 aliphatic carbocycles. The highest BCUT2D eigenvalue weighted by Crippen LogP contribution is 2.22. The number of ether oxygens (including phenoxy) is 1. The maximum Gasteiger partial charge on any atom is 0.265 e. The van der Waals surface area contributed by atoms with Crippen LogP contribution in [0.5, 0.6) is 0 Å². The second-order valence-electron chi connectivity index (χ2n) is 3.54. The highest BCUT2D eigenvalue weighted by Gasteiger charge is 2.09. The molecule has 0 saturated heterocycles. The molecular formula is C11H12BrN3O2S. The summed E-state index contributed by atoms with van der Waals surface area (Å²) < 4.78 is 7.62. The van der Waals surface area contributed by atoms with E-state index in [2.05, 4.69) is 26.3 Å². The highest BCUT2D eigenvalue weighted by molar-refractivity contribution is 9.11. The predicted molar refractivity (Wildman–Crippen MR) is 74.1 cm³/mol. The van der Waals surface area contributed by atoms with Crippen molar-refractivity contribution in [1.29, 1.82) is 0 Å². The third kappa shape index (κ3) is 3.41. The van der Waals surface area contributed by atoms with Crippen LogP contribution >= 0.6 is 27.3 Å². The molecule has 2 aromatic rings. The second-order valence-corrected chi connectivity index (χ2v) is 6.01. The summed E-state index contributed by atoms with van der Waals surface area (Å²) in [5.41, 5.74) is 0.681. The van der Waals surface area contributed by atoms with Gasteiger partial charge in [0.25, 0.3) is 5.91 Å². The minimum Gasteiger partial charge on any atom is -0.383 e. The van der Waals surface area contributed by atoms with Gasteiger partial charge in [-0.05, 0) is 28.1 Å². The molecule has 2 rings (SSSR count). The topological polar surface area (TPSA) is 56.1 Å². The van der Waals surface area contributed by atoms with Gasteiger partial charge in [0.15, 0.2) is 0 Å². The summed E-state index contributed by atoms with van der Waals surface area (Å²) in [6, 6.07) is 3.63. The van der Waals surface area contributed by atoms with Crippen LogP contribution in [0.2, 0.25) is 0 Å². The van der Waals surface area contributed by atoms with E-state index in [9.17, 15) is 4.79 Å². The third-order valence-electron chi connectivity index (χ3n) is 2.21. The average Bonchev–Trinajstić information content (AvgIpc) is 2.96. The van der Waals surface area contributed by atoms with Crippen LogP contribution in [0.3, 0.4) is 0 Å². The molecule has 2 heterocycles. The monoisotopic (exact) mass is 329 g/mol. The smallest absolute Gasteiger partial charge is 0.265 e. The Bertz CT molecular complexity index is 538. The van der Waals surface area contributed by atoms with Crippen LogP contribution in [0.15, 0.2) is 28.3 Å². The number of carbonyl (C=O) groups is 1. The number of amides is 1. The Hall–Kier alpha value is -1.18. The Morgan fingerprint density at radius 1 is 1.61 bits per heavy atom. The quantitative estimate of drug-likeness (QED) is 0.917. The van der Waals surface area contributed by atoms with E-state index in [0.717, 1.165) is 3.79 Å². The van der Waals surface area contributed by atoms with Gasteiger partial charge >= 0.3 is 0 Å². The molecule has 1 N–H and O–H groups in total. The van der Waals surface area contributed by atoms with Gasteiger partial charge in [-0.3, -0.25) is 9.48 Å². The van der Waals surface area contributed by atoms with Gasteiger partial charge in [0, 0.05) is 13.3 Å². The lowest BCUT2D eigenvalue weighted by molar-refractivity contribution is 0.103. The first kappa shape index (κ1) is 13.3. The molecule has 0 aliphatic heterocycles.